The maximum absolute atomic E-state index is 12.7. The zero-order chi connectivity index (χ0) is 19.0. The van der Waals surface area contributed by atoms with Crippen LogP contribution in [-0.2, 0) is 4.79 Å². The predicted molar refractivity (Wildman–Crippen MR) is 106 cm³/mol. The van der Waals surface area contributed by atoms with Gasteiger partial charge in [0.05, 0.1) is 10.9 Å². The number of carbonyl (C=O) groups is 1. The highest BCUT2D eigenvalue weighted by atomic mass is 35.5. The van der Waals surface area contributed by atoms with Gasteiger partial charge in [-0.1, -0.05) is 29.8 Å². The summed E-state index contributed by atoms with van der Waals surface area (Å²) in [6.07, 6.45) is 5.32. The first-order chi connectivity index (χ1) is 13.0. The number of amides is 1. The molecule has 1 N–H and O–H groups in total. The first-order valence-electron chi connectivity index (χ1n) is 9.52. The van der Waals surface area contributed by atoms with Gasteiger partial charge in [0.25, 0.3) is 0 Å². The molecule has 0 unspecified atom stereocenters. The lowest BCUT2D eigenvalue weighted by atomic mass is 9.84. The number of tetrazole rings is 1. The molecular formula is C19H24ClN5OS. The summed E-state index contributed by atoms with van der Waals surface area (Å²) >= 11 is 7.31. The van der Waals surface area contributed by atoms with Gasteiger partial charge in [-0.2, -0.15) is 4.68 Å². The summed E-state index contributed by atoms with van der Waals surface area (Å²) in [6, 6.07) is 7.51. The molecule has 27 heavy (non-hydrogen) atoms. The molecule has 1 amide bonds. The van der Waals surface area contributed by atoms with Crippen molar-refractivity contribution in [2.75, 3.05) is 0 Å². The molecule has 1 aromatic carbocycles. The molecule has 4 rings (SSSR count). The van der Waals surface area contributed by atoms with Gasteiger partial charge in [0.2, 0.25) is 11.1 Å². The third kappa shape index (κ3) is 3.99. The van der Waals surface area contributed by atoms with Crippen LogP contribution in [0, 0.1) is 17.8 Å². The maximum atomic E-state index is 12.7. The van der Waals surface area contributed by atoms with Crippen molar-refractivity contribution in [3.05, 3.63) is 29.3 Å². The standard InChI is InChI=1S/C19H24ClN5OS/c1-11(17-10-13-3-4-14(17)9-13)21-18(26)12(2)27-19-22-23-24-25(19)16-7-5-15(20)6-8-16/h5-8,11-14,17H,3-4,9-10H2,1-2H3,(H,21,26)/t11-,12-,13-,14-,17-/m1/s1. The number of thioether (sulfide) groups is 1. The maximum Gasteiger partial charge on any atom is 0.233 e. The zero-order valence-corrected chi connectivity index (χ0v) is 17.1. The molecule has 2 aliphatic carbocycles. The Labute approximate surface area is 168 Å². The summed E-state index contributed by atoms with van der Waals surface area (Å²) in [7, 11) is 0. The molecule has 2 bridgehead atoms. The molecule has 144 valence electrons. The first kappa shape index (κ1) is 18.7. The zero-order valence-electron chi connectivity index (χ0n) is 15.5. The third-order valence-corrected chi connectivity index (χ3v) is 7.25. The van der Waals surface area contributed by atoms with Crippen molar-refractivity contribution in [2.45, 2.75) is 56.0 Å². The SMILES string of the molecule is C[C@@H](Sc1nnnn1-c1ccc(Cl)cc1)C(=O)N[C@H](C)[C@H]1C[C@@H]2CC[C@@H]1C2. The predicted octanol–water partition coefficient (Wildman–Crippen LogP) is 3.74. The van der Waals surface area contributed by atoms with E-state index in [-0.39, 0.29) is 17.2 Å². The van der Waals surface area contributed by atoms with Crippen LogP contribution in [0.5, 0.6) is 0 Å². The van der Waals surface area contributed by atoms with E-state index in [9.17, 15) is 4.79 Å². The van der Waals surface area contributed by atoms with E-state index in [4.69, 9.17) is 11.6 Å². The molecule has 1 aromatic heterocycles. The van der Waals surface area contributed by atoms with Crippen LogP contribution in [0.25, 0.3) is 5.69 Å². The number of hydrogen-bond donors (Lipinski definition) is 1. The average molecular weight is 406 g/mol. The second-order valence-electron chi connectivity index (χ2n) is 7.75. The number of benzene rings is 1. The summed E-state index contributed by atoms with van der Waals surface area (Å²) in [4.78, 5) is 12.7. The Bertz CT molecular complexity index is 811. The van der Waals surface area contributed by atoms with Crippen molar-refractivity contribution >= 4 is 29.3 Å². The summed E-state index contributed by atoms with van der Waals surface area (Å²) in [5, 5.41) is 16.1. The Balaban J connectivity index is 1.38. The van der Waals surface area contributed by atoms with Crippen LogP contribution in [0.1, 0.15) is 39.5 Å². The Morgan fingerprint density at radius 3 is 2.70 bits per heavy atom. The lowest BCUT2D eigenvalue weighted by Crippen LogP contribution is -2.43. The fourth-order valence-electron chi connectivity index (χ4n) is 4.56. The molecule has 6 nitrogen and oxygen atoms in total. The number of aromatic nitrogens is 4. The van der Waals surface area contributed by atoms with Gasteiger partial charge >= 0.3 is 0 Å². The van der Waals surface area contributed by atoms with Crippen molar-refractivity contribution < 1.29 is 4.79 Å². The number of fused-ring (bicyclic) bond motifs is 2. The van der Waals surface area contributed by atoms with E-state index in [1.165, 1.54) is 37.4 Å². The topological polar surface area (TPSA) is 72.7 Å². The van der Waals surface area contributed by atoms with Crippen LogP contribution in [0.3, 0.4) is 0 Å². The number of nitrogens with one attached hydrogen (secondary N) is 1. The number of halogens is 1. The first-order valence-corrected chi connectivity index (χ1v) is 10.8. The molecule has 0 spiro atoms. The number of hydrogen-bond acceptors (Lipinski definition) is 5. The van der Waals surface area contributed by atoms with E-state index in [1.54, 1.807) is 16.8 Å². The number of carbonyl (C=O) groups excluding carboxylic acids is 1. The Morgan fingerprint density at radius 2 is 2.04 bits per heavy atom. The van der Waals surface area contributed by atoms with Crippen LogP contribution in [0.2, 0.25) is 5.02 Å². The highest BCUT2D eigenvalue weighted by molar-refractivity contribution is 8.00. The molecule has 5 atom stereocenters. The van der Waals surface area contributed by atoms with Gasteiger partial charge < -0.3 is 5.32 Å². The van der Waals surface area contributed by atoms with E-state index in [1.807, 2.05) is 19.1 Å². The van der Waals surface area contributed by atoms with E-state index in [2.05, 4.69) is 27.8 Å². The van der Waals surface area contributed by atoms with Gasteiger partial charge in [0, 0.05) is 11.1 Å². The highest BCUT2D eigenvalue weighted by Gasteiger charge is 2.42. The van der Waals surface area contributed by atoms with Gasteiger partial charge in [0.1, 0.15) is 0 Å². The monoisotopic (exact) mass is 405 g/mol. The minimum absolute atomic E-state index is 0.0425. The molecule has 8 heteroatoms. The van der Waals surface area contributed by atoms with E-state index < -0.39 is 0 Å². The lowest BCUT2D eigenvalue weighted by molar-refractivity contribution is -0.121. The van der Waals surface area contributed by atoms with Crippen molar-refractivity contribution in [2.24, 2.45) is 17.8 Å². The van der Waals surface area contributed by atoms with Crippen LogP contribution >= 0.6 is 23.4 Å². The van der Waals surface area contributed by atoms with Crippen LogP contribution in [-0.4, -0.2) is 37.4 Å². The van der Waals surface area contributed by atoms with Crippen LogP contribution in [0.15, 0.2) is 29.4 Å². The summed E-state index contributed by atoms with van der Waals surface area (Å²) in [6.45, 7) is 4.05. The van der Waals surface area contributed by atoms with Crippen molar-refractivity contribution in [1.29, 1.82) is 0 Å². The minimum atomic E-state index is -0.275. The average Bonchev–Trinajstić information content (AvgIpc) is 3.39. The Kier molecular flexibility index (Phi) is 5.41. The highest BCUT2D eigenvalue weighted by Crippen LogP contribution is 2.49. The van der Waals surface area contributed by atoms with Gasteiger partial charge in [-0.05, 0) is 85.6 Å². The van der Waals surface area contributed by atoms with Gasteiger partial charge in [-0.25, -0.2) is 0 Å². The Hall–Kier alpha value is -1.60. The molecule has 0 aliphatic heterocycles. The van der Waals surface area contributed by atoms with E-state index >= 15 is 0 Å². The smallest absolute Gasteiger partial charge is 0.233 e. The van der Waals surface area contributed by atoms with Gasteiger partial charge in [-0.3, -0.25) is 4.79 Å². The van der Waals surface area contributed by atoms with Crippen molar-refractivity contribution in [3.63, 3.8) is 0 Å². The fraction of sp³-hybridized carbons (Fsp3) is 0.579. The molecule has 1 heterocycles. The lowest BCUT2D eigenvalue weighted by Gasteiger charge is -2.29. The molecule has 2 aliphatic rings. The molecule has 0 saturated heterocycles. The van der Waals surface area contributed by atoms with Crippen molar-refractivity contribution in [1.82, 2.24) is 25.5 Å². The summed E-state index contributed by atoms with van der Waals surface area (Å²) in [5.41, 5.74) is 0.815. The second kappa shape index (κ2) is 7.80. The molecular weight excluding hydrogens is 382 g/mol. The number of nitrogens with zero attached hydrogens (tertiary/aromatic N) is 4. The fourth-order valence-corrected chi connectivity index (χ4v) is 5.51. The van der Waals surface area contributed by atoms with Crippen LogP contribution < -0.4 is 5.32 Å². The summed E-state index contributed by atoms with van der Waals surface area (Å²) in [5.74, 6) is 2.35. The largest absolute Gasteiger partial charge is 0.352 e. The molecule has 0 radical (unpaired) electrons. The quantitative estimate of drug-likeness (QED) is 0.741. The van der Waals surface area contributed by atoms with E-state index in [0.29, 0.717) is 16.1 Å². The molecule has 2 fully saturated rings. The van der Waals surface area contributed by atoms with Gasteiger partial charge in [0.15, 0.2) is 0 Å². The third-order valence-electron chi connectivity index (χ3n) is 5.97. The van der Waals surface area contributed by atoms with Crippen molar-refractivity contribution in [3.8, 4) is 5.69 Å². The summed E-state index contributed by atoms with van der Waals surface area (Å²) < 4.78 is 1.63. The molecule has 2 aromatic rings. The minimum Gasteiger partial charge on any atom is -0.352 e. The second-order valence-corrected chi connectivity index (χ2v) is 9.49. The number of rotatable bonds is 6. The Morgan fingerprint density at radius 1 is 1.26 bits per heavy atom. The molecule has 2 saturated carbocycles. The van der Waals surface area contributed by atoms with Gasteiger partial charge in [-0.15, -0.1) is 5.10 Å². The van der Waals surface area contributed by atoms with E-state index in [0.717, 1.165) is 17.5 Å². The normalized spacial score (nSPS) is 26.1. The van der Waals surface area contributed by atoms with Crippen LogP contribution in [0.4, 0.5) is 0 Å².